The summed E-state index contributed by atoms with van der Waals surface area (Å²) in [5, 5.41) is 2.67. The predicted octanol–water partition coefficient (Wildman–Crippen LogP) is 4.37. The van der Waals surface area contributed by atoms with Crippen molar-refractivity contribution < 1.29 is 22.0 Å². The van der Waals surface area contributed by atoms with Crippen LogP contribution < -0.4 is 5.32 Å². The number of sulfonamides is 1. The number of hydrogen-bond acceptors (Lipinski definition) is 4. The Morgan fingerprint density at radius 3 is 2.17 bits per heavy atom. The first-order valence-electron chi connectivity index (χ1n) is 9.12. The Balaban J connectivity index is 1.72. The number of nitrogens with zero attached hydrogens (tertiary/aromatic N) is 1. The molecule has 29 heavy (non-hydrogen) atoms. The van der Waals surface area contributed by atoms with Gasteiger partial charge in [0.1, 0.15) is 11.6 Å². The molecule has 0 atom stereocenters. The van der Waals surface area contributed by atoms with E-state index in [0.29, 0.717) is 30.1 Å². The predicted molar refractivity (Wildman–Crippen MR) is 109 cm³/mol. The highest BCUT2D eigenvalue weighted by atomic mass is 32.2. The summed E-state index contributed by atoms with van der Waals surface area (Å²) in [6, 6.07) is 14.8. The first-order valence-corrected chi connectivity index (χ1v) is 10.6. The van der Waals surface area contributed by atoms with E-state index in [1.54, 1.807) is 32.0 Å². The van der Waals surface area contributed by atoms with Crippen molar-refractivity contribution in [2.75, 3.05) is 18.4 Å². The summed E-state index contributed by atoms with van der Waals surface area (Å²) in [6.07, 6.45) is 0. The number of hydrogen-bond donors (Lipinski definition) is 1. The van der Waals surface area contributed by atoms with Crippen molar-refractivity contribution in [3.63, 3.8) is 0 Å². The molecule has 3 aromatic rings. The van der Waals surface area contributed by atoms with Crippen molar-refractivity contribution in [1.29, 1.82) is 0 Å². The second-order valence-electron chi connectivity index (χ2n) is 6.24. The number of carbonyl (C=O) groups excluding carboxylic acids is 1. The van der Waals surface area contributed by atoms with Crippen molar-refractivity contribution in [1.82, 2.24) is 4.31 Å². The average Bonchev–Trinajstić information content (AvgIpc) is 3.20. The summed E-state index contributed by atoms with van der Waals surface area (Å²) >= 11 is 0. The monoisotopic (exact) mass is 416 g/mol. The van der Waals surface area contributed by atoms with Crippen LogP contribution in [0.15, 0.2) is 70.0 Å². The van der Waals surface area contributed by atoms with Crippen LogP contribution in [0.1, 0.15) is 24.4 Å². The minimum absolute atomic E-state index is 0.0872. The molecule has 0 radical (unpaired) electrons. The molecule has 1 aromatic heterocycles. The van der Waals surface area contributed by atoms with Crippen molar-refractivity contribution >= 4 is 21.6 Å². The fourth-order valence-electron chi connectivity index (χ4n) is 2.84. The number of carbonyl (C=O) groups is 1. The van der Waals surface area contributed by atoms with E-state index in [-0.39, 0.29) is 16.5 Å². The van der Waals surface area contributed by atoms with Gasteiger partial charge in [-0.3, -0.25) is 4.79 Å². The summed E-state index contributed by atoms with van der Waals surface area (Å²) in [6.45, 7) is 4.32. The molecule has 3 rings (SSSR count). The van der Waals surface area contributed by atoms with E-state index < -0.39 is 15.9 Å². The Kier molecular flexibility index (Phi) is 6.14. The third-order valence-electron chi connectivity index (χ3n) is 4.41. The fourth-order valence-corrected chi connectivity index (χ4v) is 4.30. The maximum Gasteiger partial charge on any atom is 0.291 e. The Morgan fingerprint density at radius 2 is 1.59 bits per heavy atom. The molecule has 152 valence electrons. The van der Waals surface area contributed by atoms with Gasteiger partial charge in [-0.2, -0.15) is 4.31 Å². The van der Waals surface area contributed by atoms with Crippen molar-refractivity contribution in [2.45, 2.75) is 18.7 Å². The number of nitrogens with one attached hydrogen (secondary N) is 1. The molecule has 0 saturated carbocycles. The zero-order chi connectivity index (χ0) is 21.0. The number of anilines is 1. The van der Waals surface area contributed by atoms with E-state index in [1.807, 2.05) is 0 Å². The Bertz CT molecular complexity index is 1090. The lowest BCUT2D eigenvalue weighted by Gasteiger charge is -2.18. The van der Waals surface area contributed by atoms with Gasteiger partial charge < -0.3 is 9.73 Å². The van der Waals surface area contributed by atoms with Crippen LogP contribution in [0.25, 0.3) is 11.3 Å². The van der Waals surface area contributed by atoms with Crippen molar-refractivity contribution in [2.24, 2.45) is 0 Å². The lowest BCUT2D eigenvalue weighted by molar-refractivity contribution is 0.0997. The maximum absolute atomic E-state index is 13.0. The summed E-state index contributed by atoms with van der Waals surface area (Å²) < 4.78 is 45.0. The van der Waals surface area contributed by atoms with E-state index in [0.717, 1.165) is 0 Å². The van der Waals surface area contributed by atoms with Crippen LogP contribution in [-0.4, -0.2) is 31.7 Å². The van der Waals surface area contributed by atoms with Gasteiger partial charge in [-0.1, -0.05) is 13.8 Å². The number of benzene rings is 2. The van der Waals surface area contributed by atoms with Gasteiger partial charge in [-0.05, 0) is 60.7 Å². The molecule has 8 heteroatoms. The Morgan fingerprint density at radius 1 is 0.966 bits per heavy atom. The normalized spacial score (nSPS) is 11.6. The number of amides is 1. The molecule has 6 nitrogen and oxygen atoms in total. The maximum atomic E-state index is 13.0. The van der Waals surface area contributed by atoms with E-state index in [2.05, 4.69) is 5.32 Å². The van der Waals surface area contributed by atoms with Gasteiger partial charge in [-0.25, -0.2) is 12.8 Å². The standard InChI is InChI=1S/C21H21FN2O4S/c1-3-24(4-2)29(26,27)18-11-9-17(10-12-18)23-21(25)20-14-13-19(28-20)15-5-7-16(22)8-6-15/h5-14H,3-4H2,1-2H3,(H,23,25). The molecule has 0 saturated heterocycles. The van der Waals surface area contributed by atoms with Crippen LogP contribution in [0.3, 0.4) is 0 Å². The SMILES string of the molecule is CCN(CC)S(=O)(=O)c1ccc(NC(=O)c2ccc(-c3ccc(F)cc3)o2)cc1. The molecule has 0 aliphatic carbocycles. The molecule has 0 bridgehead atoms. The summed E-state index contributed by atoms with van der Waals surface area (Å²) in [4.78, 5) is 12.6. The topological polar surface area (TPSA) is 79.6 Å². The first kappa shape index (κ1) is 20.8. The van der Waals surface area contributed by atoms with Crippen LogP contribution in [0, 0.1) is 5.82 Å². The smallest absolute Gasteiger partial charge is 0.291 e. The second kappa shape index (κ2) is 8.59. The molecule has 1 heterocycles. The molecule has 0 aliphatic heterocycles. The summed E-state index contributed by atoms with van der Waals surface area (Å²) in [5.74, 6) is -0.303. The number of furan rings is 1. The minimum atomic E-state index is -3.55. The van der Waals surface area contributed by atoms with Crippen LogP contribution in [0.2, 0.25) is 0 Å². The minimum Gasteiger partial charge on any atom is -0.451 e. The van der Waals surface area contributed by atoms with Gasteiger partial charge in [0.25, 0.3) is 5.91 Å². The van der Waals surface area contributed by atoms with E-state index in [4.69, 9.17) is 4.42 Å². The zero-order valence-corrected chi connectivity index (χ0v) is 16.9. The number of halogens is 1. The zero-order valence-electron chi connectivity index (χ0n) is 16.1. The Hall–Kier alpha value is -2.97. The fraction of sp³-hybridized carbons (Fsp3) is 0.190. The molecular weight excluding hydrogens is 395 g/mol. The van der Waals surface area contributed by atoms with E-state index >= 15 is 0 Å². The van der Waals surface area contributed by atoms with Crippen molar-refractivity contribution in [3.05, 3.63) is 72.2 Å². The van der Waals surface area contributed by atoms with Gasteiger partial charge in [0.15, 0.2) is 5.76 Å². The highest BCUT2D eigenvalue weighted by Gasteiger charge is 2.21. The molecule has 1 amide bonds. The largest absolute Gasteiger partial charge is 0.451 e. The van der Waals surface area contributed by atoms with Crippen molar-refractivity contribution in [3.8, 4) is 11.3 Å². The summed E-state index contributed by atoms with van der Waals surface area (Å²) in [7, 11) is -3.55. The van der Waals surface area contributed by atoms with Gasteiger partial charge in [-0.15, -0.1) is 0 Å². The van der Waals surface area contributed by atoms with E-state index in [1.165, 1.54) is 46.8 Å². The Labute approximate surface area is 169 Å². The molecule has 2 aromatic carbocycles. The third-order valence-corrected chi connectivity index (χ3v) is 6.48. The van der Waals surface area contributed by atoms with Gasteiger partial charge in [0.05, 0.1) is 4.90 Å². The highest BCUT2D eigenvalue weighted by Crippen LogP contribution is 2.23. The van der Waals surface area contributed by atoms with Crippen LogP contribution >= 0.6 is 0 Å². The quantitative estimate of drug-likeness (QED) is 0.620. The van der Waals surface area contributed by atoms with Crippen LogP contribution in [-0.2, 0) is 10.0 Å². The van der Waals surface area contributed by atoms with Crippen LogP contribution in [0.4, 0.5) is 10.1 Å². The molecule has 0 unspecified atom stereocenters. The molecular formula is C21H21FN2O4S. The van der Waals surface area contributed by atoms with Gasteiger partial charge in [0, 0.05) is 24.3 Å². The molecule has 0 spiro atoms. The second-order valence-corrected chi connectivity index (χ2v) is 8.18. The van der Waals surface area contributed by atoms with Gasteiger partial charge in [0.2, 0.25) is 10.0 Å². The molecule has 0 fully saturated rings. The lowest BCUT2D eigenvalue weighted by Crippen LogP contribution is -2.30. The molecule has 0 aliphatic rings. The van der Waals surface area contributed by atoms with E-state index in [9.17, 15) is 17.6 Å². The van der Waals surface area contributed by atoms with Gasteiger partial charge >= 0.3 is 0 Å². The molecule has 1 N–H and O–H groups in total. The average molecular weight is 416 g/mol. The summed E-state index contributed by atoms with van der Waals surface area (Å²) in [5.41, 5.74) is 1.09. The third kappa shape index (κ3) is 4.55. The first-order chi connectivity index (χ1) is 13.8. The lowest BCUT2D eigenvalue weighted by atomic mass is 10.2. The highest BCUT2D eigenvalue weighted by molar-refractivity contribution is 7.89. The number of rotatable bonds is 7. The van der Waals surface area contributed by atoms with Crippen LogP contribution in [0.5, 0.6) is 0 Å².